The molecule has 0 amide bonds. The number of likely N-dealkylation sites (N-methyl/N-ethyl adjacent to an activating group) is 1. The van der Waals surface area contributed by atoms with Crippen molar-refractivity contribution in [2.24, 2.45) is 0 Å². The molecule has 0 spiro atoms. The van der Waals surface area contributed by atoms with E-state index in [-0.39, 0.29) is 0 Å². The van der Waals surface area contributed by atoms with Crippen LogP contribution in [0, 0.1) is 0 Å². The van der Waals surface area contributed by atoms with E-state index in [0.717, 1.165) is 0 Å². The average Bonchev–Trinajstić information content (AvgIpc) is 2.25. The summed E-state index contributed by atoms with van der Waals surface area (Å²) in [5, 5.41) is 43.2. The molecule has 17 heavy (non-hydrogen) atoms. The third-order valence-corrected chi connectivity index (χ3v) is 4.68. The van der Waals surface area contributed by atoms with Gasteiger partial charge in [0.2, 0.25) is 0 Å². The lowest BCUT2D eigenvalue weighted by atomic mass is 9.62. The van der Waals surface area contributed by atoms with Gasteiger partial charge in [0.25, 0.3) is 0 Å². The topological polar surface area (TPSA) is 102 Å². The minimum absolute atomic E-state index is 0.521. The molecule has 5 unspecified atom stereocenters. The van der Waals surface area contributed by atoms with Crippen LogP contribution in [0.1, 0.15) is 27.7 Å². The third-order valence-electron chi connectivity index (χ3n) is 4.68. The van der Waals surface area contributed by atoms with Gasteiger partial charge < -0.3 is 30.5 Å². The number of aliphatic hydroxyl groups excluding tert-OH is 2. The zero-order valence-electron chi connectivity index (χ0n) is 11.0. The summed E-state index contributed by atoms with van der Waals surface area (Å²) in [5.74, 6) is 0. The van der Waals surface area contributed by atoms with Gasteiger partial charge in [-0.2, -0.15) is 0 Å². The maximum atomic E-state index is 10.6. The Kier molecular flexibility index (Phi) is 3.38. The van der Waals surface area contributed by atoms with Gasteiger partial charge in [-0.25, -0.2) is 0 Å². The highest BCUT2D eigenvalue weighted by Gasteiger charge is 2.69. The lowest BCUT2D eigenvalue weighted by Gasteiger charge is -2.62. The molecule has 0 aromatic heterocycles. The van der Waals surface area contributed by atoms with E-state index in [1.54, 1.807) is 14.0 Å². The minimum Gasteiger partial charge on any atom is -0.393 e. The fraction of sp³-hybridized carbons (Fsp3) is 1.00. The molecule has 1 rings (SSSR count). The third kappa shape index (κ3) is 1.56. The van der Waals surface area contributed by atoms with Crippen molar-refractivity contribution in [3.63, 3.8) is 0 Å². The standard InChI is InChI=1S/C11H23NO5/c1-8(6-13)10(3,15)11(4,16)9(2,12-5)7(14)17-8/h7,12-16H,6H2,1-5H3. The summed E-state index contributed by atoms with van der Waals surface area (Å²) in [6.45, 7) is 5.25. The Hall–Kier alpha value is -0.240. The van der Waals surface area contributed by atoms with Crippen LogP contribution in [0.5, 0.6) is 0 Å². The second kappa shape index (κ2) is 3.88. The molecule has 0 aromatic carbocycles. The molecule has 1 fully saturated rings. The van der Waals surface area contributed by atoms with Crippen molar-refractivity contribution < 1.29 is 25.2 Å². The van der Waals surface area contributed by atoms with Gasteiger partial charge in [0.05, 0.1) is 12.1 Å². The van der Waals surface area contributed by atoms with Crippen LogP contribution in [-0.4, -0.2) is 62.7 Å². The van der Waals surface area contributed by atoms with Crippen LogP contribution in [0.4, 0.5) is 0 Å². The highest BCUT2D eigenvalue weighted by molar-refractivity contribution is 5.20. The van der Waals surface area contributed by atoms with Crippen molar-refractivity contribution in [2.75, 3.05) is 13.7 Å². The van der Waals surface area contributed by atoms with Crippen molar-refractivity contribution in [3.8, 4) is 0 Å². The van der Waals surface area contributed by atoms with E-state index in [4.69, 9.17) is 4.74 Å². The fourth-order valence-corrected chi connectivity index (χ4v) is 2.30. The number of nitrogens with one attached hydrogen (secondary N) is 1. The molecule has 0 aliphatic carbocycles. The monoisotopic (exact) mass is 249 g/mol. The van der Waals surface area contributed by atoms with Crippen LogP contribution in [0.2, 0.25) is 0 Å². The number of hydrogen-bond donors (Lipinski definition) is 5. The van der Waals surface area contributed by atoms with E-state index in [9.17, 15) is 20.4 Å². The van der Waals surface area contributed by atoms with Gasteiger partial charge in [-0.15, -0.1) is 0 Å². The molecular formula is C11H23NO5. The van der Waals surface area contributed by atoms with Gasteiger partial charge in [-0.3, -0.25) is 0 Å². The van der Waals surface area contributed by atoms with E-state index in [0.29, 0.717) is 0 Å². The summed E-state index contributed by atoms with van der Waals surface area (Å²) in [5.41, 5.74) is -6.16. The van der Waals surface area contributed by atoms with Crippen LogP contribution in [-0.2, 0) is 4.74 Å². The summed E-state index contributed by atoms with van der Waals surface area (Å²) in [7, 11) is 1.55. The average molecular weight is 249 g/mol. The van der Waals surface area contributed by atoms with Crippen molar-refractivity contribution in [3.05, 3.63) is 0 Å². The molecule has 0 radical (unpaired) electrons. The SMILES string of the molecule is CNC1(C)C(O)OC(C)(CO)C(C)(O)C1(C)O. The van der Waals surface area contributed by atoms with Crippen molar-refractivity contribution >= 4 is 0 Å². The smallest absolute Gasteiger partial charge is 0.176 e. The zero-order valence-corrected chi connectivity index (χ0v) is 11.0. The Bertz CT molecular complexity index is 306. The lowest BCUT2D eigenvalue weighted by Crippen LogP contribution is -2.84. The molecule has 1 aliphatic rings. The molecular weight excluding hydrogens is 226 g/mol. The summed E-state index contributed by atoms with van der Waals surface area (Å²) in [6.07, 6.45) is -1.36. The summed E-state index contributed by atoms with van der Waals surface area (Å²) in [4.78, 5) is 0. The van der Waals surface area contributed by atoms with Gasteiger partial charge in [0, 0.05) is 0 Å². The van der Waals surface area contributed by atoms with Crippen LogP contribution in [0.15, 0.2) is 0 Å². The van der Waals surface area contributed by atoms with Crippen LogP contribution < -0.4 is 5.32 Å². The predicted molar refractivity (Wildman–Crippen MR) is 61.3 cm³/mol. The van der Waals surface area contributed by atoms with E-state index < -0.39 is 35.2 Å². The van der Waals surface area contributed by atoms with E-state index in [2.05, 4.69) is 5.32 Å². The summed E-state index contributed by atoms with van der Waals surface area (Å²) < 4.78 is 5.31. The Morgan fingerprint density at radius 3 is 1.94 bits per heavy atom. The second-order valence-corrected chi connectivity index (χ2v) is 5.46. The van der Waals surface area contributed by atoms with Gasteiger partial charge in [0.1, 0.15) is 16.8 Å². The van der Waals surface area contributed by atoms with Crippen molar-refractivity contribution in [1.82, 2.24) is 5.32 Å². The van der Waals surface area contributed by atoms with Crippen LogP contribution in [0.25, 0.3) is 0 Å². The first-order chi connectivity index (χ1) is 7.50. The molecule has 5 atom stereocenters. The first kappa shape index (κ1) is 14.8. The van der Waals surface area contributed by atoms with Crippen LogP contribution >= 0.6 is 0 Å². The highest BCUT2D eigenvalue weighted by Crippen LogP contribution is 2.48. The number of ether oxygens (including phenoxy) is 1. The predicted octanol–water partition coefficient (Wildman–Crippen LogP) is -1.43. The molecule has 0 saturated carbocycles. The number of hydrogen-bond acceptors (Lipinski definition) is 6. The molecule has 6 heteroatoms. The fourth-order valence-electron chi connectivity index (χ4n) is 2.30. The Labute approximate surface area is 101 Å². The van der Waals surface area contributed by atoms with Gasteiger partial charge in [0.15, 0.2) is 6.29 Å². The summed E-state index contributed by atoms with van der Waals surface area (Å²) in [6, 6.07) is 0. The van der Waals surface area contributed by atoms with E-state index in [1.807, 2.05) is 0 Å². The minimum atomic E-state index is -1.74. The molecule has 1 saturated heterocycles. The maximum absolute atomic E-state index is 10.6. The van der Waals surface area contributed by atoms with Gasteiger partial charge >= 0.3 is 0 Å². The van der Waals surface area contributed by atoms with E-state index >= 15 is 0 Å². The quantitative estimate of drug-likeness (QED) is 0.411. The van der Waals surface area contributed by atoms with Gasteiger partial charge in [-0.1, -0.05) is 0 Å². The normalized spacial score (nSPS) is 55.9. The first-order valence-electron chi connectivity index (χ1n) is 5.60. The Morgan fingerprint density at radius 1 is 1.12 bits per heavy atom. The van der Waals surface area contributed by atoms with Gasteiger partial charge in [-0.05, 0) is 34.7 Å². The molecule has 6 nitrogen and oxygen atoms in total. The number of aliphatic hydroxyl groups is 4. The lowest BCUT2D eigenvalue weighted by molar-refractivity contribution is -0.377. The molecule has 1 aliphatic heterocycles. The first-order valence-corrected chi connectivity index (χ1v) is 5.60. The maximum Gasteiger partial charge on any atom is 0.176 e. The largest absolute Gasteiger partial charge is 0.393 e. The molecule has 0 aromatic rings. The number of rotatable bonds is 2. The van der Waals surface area contributed by atoms with E-state index in [1.165, 1.54) is 20.8 Å². The van der Waals surface area contributed by atoms with Crippen LogP contribution in [0.3, 0.4) is 0 Å². The Morgan fingerprint density at radius 2 is 1.59 bits per heavy atom. The Balaban J connectivity index is 3.36. The second-order valence-electron chi connectivity index (χ2n) is 5.46. The highest BCUT2D eigenvalue weighted by atomic mass is 16.6. The molecule has 102 valence electrons. The van der Waals surface area contributed by atoms with Crippen molar-refractivity contribution in [2.45, 2.75) is 56.3 Å². The zero-order chi connectivity index (χ0) is 13.7. The molecule has 1 heterocycles. The summed E-state index contributed by atoms with van der Waals surface area (Å²) >= 11 is 0. The molecule has 5 N–H and O–H groups in total. The molecule has 0 bridgehead atoms. The van der Waals surface area contributed by atoms with Crippen molar-refractivity contribution in [1.29, 1.82) is 0 Å².